The molecule has 1 aromatic heterocycles. The lowest BCUT2D eigenvalue weighted by molar-refractivity contribution is -0.742. The first-order valence-electron chi connectivity index (χ1n) is 5.90. The van der Waals surface area contributed by atoms with Crippen LogP contribution in [0.4, 0.5) is 0 Å². The summed E-state index contributed by atoms with van der Waals surface area (Å²) in [6.45, 7) is 2.59. The predicted octanol–water partition coefficient (Wildman–Crippen LogP) is 0.814. The van der Waals surface area contributed by atoms with Gasteiger partial charge in [0.05, 0.1) is 18.9 Å². The van der Waals surface area contributed by atoms with Crippen molar-refractivity contribution in [2.45, 2.75) is 19.8 Å². The van der Waals surface area contributed by atoms with Gasteiger partial charge in [-0.15, -0.1) is 10.1 Å². The molecule has 1 aliphatic heterocycles. The first-order chi connectivity index (χ1) is 8.95. The van der Waals surface area contributed by atoms with Crippen molar-refractivity contribution in [3.63, 3.8) is 0 Å². The van der Waals surface area contributed by atoms with Gasteiger partial charge in [-0.3, -0.25) is 4.79 Å². The molecule has 2 heterocycles. The molecule has 0 amide bonds. The van der Waals surface area contributed by atoms with Gasteiger partial charge in [0.25, 0.3) is 5.09 Å². The Morgan fingerprint density at radius 1 is 1.68 bits per heavy atom. The molecule has 0 radical (unpaired) electrons. The number of nitrogens with zero attached hydrogens (tertiary/aromatic N) is 3. The van der Waals surface area contributed by atoms with Gasteiger partial charge < -0.3 is 14.5 Å². The van der Waals surface area contributed by atoms with Crippen molar-refractivity contribution < 1.29 is 19.8 Å². The SMILES string of the molecule is CCC1C(=O)OC[C@H]1Cc1cncn1C.O=[N+]([O-])O. The molecule has 19 heavy (non-hydrogen) atoms. The highest BCUT2D eigenvalue weighted by Gasteiger charge is 2.35. The second kappa shape index (κ2) is 6.72. The van der Waals surface area contributed by atoms with Crippen molar-refractivity contribution in [3.8, 4) is 0 Å². The minimum atomic E-state index is -1.50. The van der Waals surface area contributed by atoms with Gasteiger partial charge in [0.1, 0.15) is 0 Å². The number of aromatic nitrogens is 2. The van der Waals surface area contributed by atoms with Gasteiger partial charge in [-0.25, -0.2) is 4.98 Å². The van der Waals surface area contributed by atoms with Crippen LogP contribution >= 0.6 is 0 Å². The first kappa shape index (κ1) is 14.9. The Morgan fingerprint density at radius 3 is 2.79 bits per heavy atom. The van der Waals surface area contributed by atoms with E-state index < -0.39 is 5.09 Å². The number of imidazole rings is 1. The summed E-state index contributed by atoms with van der Waals surface area (Å²) in [5, 5.41) is 13.6. The van der Waals surface area contributed by atoms with Crippen molar-refractivity contribution in [2.24, 2.45) is 18.9 Å². The molecule has 1 saturated heterocycles. The van der Waals surface area contributed by atoms with Crippen LogP contribution in [-0.4, -0.2) is 32.4 Å². The summed E-state index contributed by atoms with van der Waals surface area (Å²) in [4.78, 5) is 23.8. The van der Waals surface area contributed by atoms with Crippen LogP contribution in [0.2, 0.25) is 0 Å². The molecular weight excluding hydrogens is 254 g/mol. The quantitative estimate of drug-likeness (QED) is 0.495. The van der Waals surface area contributed by atoms with Crippen molar-refractivity contribution >= 4 is 5.97 Å². The van der Waals surface area contributed by atoms with Gasteiger partial charge in [0, 0.05) is 24.9 Å². The third-order valence-electron chi connectivity index (χ3n) is 3.14. The van der Waals surface area contributed by atoms with E-state index in [0.717, 1.165) is 18.5 Å². The number of aryl methyl sites for hydroxylation is 1. The van der Waals surface area contributed by atoms with Crippen LogP contribution in [0, 0.1) is 22.0 Å². The molecule has 106 valence electrons. The van der Waals surface area contributed by atoms with E-state index in [4.69, 9.17) is 20.1 Å². The summed E-state index contributed by atoms with van der Waals surface area (Å²) in [5.41, 5.74) is 1.16. The standard InChI is InChI=1S/C11H16N2O2.HNO3/c1-3-10-8(6-15-11(10)14)4-9-5-12-7-13(9)2;2-1(3)4/h5,7-8,10H,3-4,6H2,1-2H3;(H,2,3,4)/t8-,10?;/m1./s1. The highest BCUT2D eigenvalue weighted by atomic mass is 16.9. The third-order valence-corrected chi connectivity index (χ3v) is 3.14. The normalized spacial score (nSPS) is 21.5. The van der Waals surface area contributed by atoms with E-state index in [-0.39, 0.29) is 11.9 Å². The number of esters is 1. The predicted molar refractivity (Wildman–Crippen MR) is 63.9 cm³/mol. The van der Waals surface area contributed by atoms with E-state index in [9.17, 15) is 4.79 Å². The average molecular weight is 271 g/mol. The zero-order valence-corrected chi connectivity index (χ0v) is 10.9. The Morgan fingerprint density at radius 2 is 2.32 bits per heavy atom. The second-order valence-electron chi connectivity index (χ2n) is 4.34. The Labute approximate surface area is 110 Å². The van der Waals surface area contributed by atoms with Crippen LogP contribution in [0.25, 0.3) is 0 Å². The molecule has 1 fully saturated rings. The summed E-state index contributed by atoms with van der Waals surface area (Å²) in [5.74, 6) is 0.350. The monoisotopic (exact) mass is 271 g/mol. The molecule has 1 N–H and O–H groups in total. The molecule has 2 rings (SSSR count). The summed E-state index contributed by atoms with van der Waals surface area (Å²) in [6, 6.07) is 0. The molecule has 8 nitrogen and oxygen atoms in total. The average Bonchev–Trinajstić information content (AvgIpc) is 2.86. The molecule has 2 atom stereocenters. The number of carbonyl (C=O) groups is 1. The number of carbonyl (C=O) groups excluding carboxylic acids is 1. The molecule has 0 saturated carbocycles. The van der Waals surface area contributed by atoms with Crippen molar-refractivity contribution in [2.75, 3.05) is 6.61 Å². The van der Waals surface area contributed by atoms with Gasteiger partial charge in [-0.2, -0.15) is 0 Å². The lowest BCUT2D eigenvalue weighted by Gasteiger charge is -2.12. The van der Waals surface area contributed by atoms with Gasteiger partial charge in [-0.05, 0) is 12.8 Å². The number of hydrogen-bond acceptors (Lipinski definition) is 5. The summed E-state index contributed by atoms with van der Waals surface area (Å²) in [6.07, 6.45) is 5.38. The lowest BCUT2D eigenvalue weighted by atomic mass is 9.89. The van der Waals surface area contributed by atoms with Crippen LogP contribution in [-0.2, 0) is 23.0 Å². The molecule has 0 aromatic carbocycles. The lowest BCUT2D eigenvalue weighted by Crippen LogP contribution is -2.18. The van der Waals surface area contributed by atoms with E-state index in [1.54, 1.807) is 6.33 Å². The number of rotatable bonds is 3. The Bertz CT molecular complexity index is 441. The third kappa shape index (κ3) is 4.23. The Balaban J connectivity index is 0.000000399. The fourth-order valence-electron chi connectivity index (χ4n) is 2.16. The maximum absolute atomic E-state index is 11.4. The minimum Gasteiger partial charge on any atom is -0.465 e. The number of hydrogen-bond donors (Lipinski definition) is 1. The van der Waals surface area contributed by atoms with E-state index in [1.165, 1.54) is 0 Å². The van der Waals surface area contributed by atoms with Crippen molar-refractivity contribution in [1.29, 1.82) is 0 Å². The zero-order chi connectivity index (χ0) is 14.4. The molecule has 1 unspecified atom stereocenters. The van der Waals surface area contributed by atoms with Crippen LogP contribution in [0.15, 0.2) is 12.5 Å². The van der Waals surface area contributed by atoms with Gasteiger partial charge in [0.2, 0.25) is 0 Å². The highest BCUT2D eigenvalue weighted by Crippen LogP contribution is 2.27. The van der Waals surface area contributed by atoms with Gasteiger partial charge in [0.15, 0.2) is 0 Å². The maximum atomic E-state index is 11.4. The summed E-state index contributed by atoms with van der Waals surface area (Å²) < 4.78 is 7.08. The van der Waals surface area contributed by atoms with Crippen LogP contribution in [0.5, 0.6) is 0 Å². The fraction of sp³-hybridized carbons (Fsp3) is 0.636. The van der Waals surface area contributed by atoms with E-state index in [0.29, 0.717) is 12.5 Å². The van der Waals surface area contributed by atoms with Gasteiger partial charge >= 0.3 is 5.97 Å². The van der Waals surface area contributed by atoms with Gasteiger partial charge in [-0.1, -0.05) is 6.92 Å². The molecule has 8 heteroatoms. The molecule has 1 aromatic rings. The zero-order valence-electron chi connectivity index (χ0n) is 10.9. The number of ether oxygens (including phenoxy) is 1. The Kier molecular flexibility index (Phi) is 5.28. The molecule has 0 spiro atoms. The summed E-state index contributed by atoms with van der Waals surface area (Å²) in [7, 11) is 1.97. The maximum Gasteiger partial charge on any atom is 0.309 e. The molecule has 0 bridgehead atoms. The Hall–Kier alpha value is -2.12. The smallest absolute Gasteiger partial charge is 0.309 e. The summed E-state index contributed by atoms with van der Waals surface area (Å²) >= 11 is 0. The van der Waals surface area contributed by atoms with Crippen molar-refractivity contribution in [3.05, 3.63) is 28.3 Å². The van der Waals surface area contributed by atoms with Crippen molar-refractivity contribution in [1.82, 2.24) is 9.55 Å². The first-order valence-corrected chi connectivity index (χ1v) is 5.90. The van der Waals surface area contributed by atoms with Crippen LogP contribution in [0.3, 0.4) is 0 Å². The second-order valence-corrected chi connectivity index (χ2v) is 4.34. The van der Waals surface area contributed by atoms with E-state index in [1.807, 2.05) is 24.7 Å². The molecule has 1 aliphatic rings. The molecule has 0 aliphatic carbocycles. The van der Waals surface area contributed by atoms with E-state index >= 15 is 0 Å². The van der Waals surface area contributed by atoms with Crippen LogP contribution in [0.1, 0.15) is 19.0 Å². The molecular formula is C11H17N3O5. The minimum absolute atomic E-state index is 0.0373. The topological polar surface area (TPSA) is 107 Å². The largest absolute Gasteiger partial charge is 0.465 e. The fourth-order valence-corrected chi connectivity index (χ4v) is 2.16. The highest BCUT2D eigenvalue weighted by molar-refractivity contribution is 5.74. The van der Waals surface area contributed by atoms with Crippen LogP contribution < -0.4 is 0 Å². The number of cyclic esters (lactones) is 1. The van der Waals surface area contributed by atoms with E-state index in [2.05, 4.69) is 4.98 Å².